The molecule has 9 rings (SSSR count). The molecule has 0 N–H and O–H groups in total. The van der Waals surface area contributed by atoms with E-state index in [9.17, 15) is 0 Å². The minimum absolute atomic E-state index is 0.576. The molecule has 0 radical (unpaired) electrons. The van der Waals surface area contributed by atoms with Gasteiger partial charge < -0.3 is 4.42 Å². The summed E-state index contributed by atoms with van der Waals surface area (Å²) >= 11 is 0. The Kier molecular flexibility index (Phi) is 6.31. The van der Waals surface area contributed by atoms with Crippen LogP contribution in [-0.2, 0) is 0 Å². The molecule has 0 aliphatic rings. The molecule has 5 aromatic carbocycles. The Hall–Kier alpha value is -6.60. The van der Waals surface area contributed by atoms with Crippen molar-refractivity contribution in [1.29, 1.82) is 0 Å². The minimum Gasteiger partial charge on any atom is -0.454 e. The van der Waals surface area contributed by atoms with Crippen molar-refractivity contribution < 1.29 is 4.42 Å². The van der Waals surface area contributed by atoms with Crippen LogP contribution in [0.25, 0.3) is 89.4 Å². The highest BCUT2D eigenvalue weighted by atomic mass is 16.3. The van der Waals surface area contributed by atoms with E-state index in [-0.39, 0.29) is 0 Å². The molecule has 7 nitrogen and oxygen atoms in total. The van der Waals surface area contributed by atoms with Crippen molar-refractivity contribution in [3.8, 4) is 56.5 Å². The molecule has 220 valence electrons. The number of hydrogen-bond donors (Lipinski definition) is 0. The van der Waals surface area contributed by atoms with Gasteiger partial charge in [0.15, 0.2) is 23.1 Å². The number of furan rings is 1. The van der Waals surface area contributed by atoms with E-state index in [0.29, 0.717) is 28.6 Å². The van der Waals surface area contributed by atoms with E-state index < -0.39 is 0 Å². The molecule has 0 fully saturated rings. The quantitative estimate of drug-likeness (QED) is 0.193. The summed E-state index contributed by atoms with van der Waals surface area (Å²) in [7, 11) is 0. The monoisotopic (exact) mass is 604 g/mol. The van der Waals surface area contributed by atoms with Gasteiger partial charge >= 0.3 is 0 Å². The van der Waals surface area contributed by atoms with Gasteiger partial charge in [-0.15, -0.1) is 5.10 Å². The van der Waals surface area contributed by atoms with Crippen LogP contribution >= 0.6 is 0 Å². The molecule has 4 heterocycles. The molecule has 0 saturated carbocycles. The van der Waals surface area contributed by atoms with E-state index in [1.54, 1.807) is 6.20 Å². The van der Waals surface area contributed by atoms with Crippen molar-refractivity contribution in [2.24, 2.45) is 0 Å². The van der Waals surface area contributed by atoms with E-state index >= 15 is 0 Å². The summed E-state index contributed by atoms with van der Waals surface area (Å²) in [5.74, 6) is 1.80. The van der Waals surface area contributed by atoms with Crippen LogP contribution in [0.2, 0.25) is 0 Å². The highest BCUT2D eigenvalue weighted by molar-refractivity contribution is 6.13. The van der Waals surface area contributed by atoms with Gasteiger partial charge in [0, 0.05) is 39.4 Å². The zero-order valence-electron chi connectivity index (χ0n) is 24.9. The molecular formula is C40H24N6O. The molecular weight excluding hydrogens is 580 g/mol. The third-order valence-electron chi connectivity index (χ3n) is 8.32. The van der Waals surface area contributed by atoms with Crippen LogP contribution in [0.15, 0.2) is 150 Å². The average Bonchev–Trinajstić information content (AvgIpc) is 3.54. The fourth-order valence-electron chi connectivity index (χ4n) is 6.03. The van der Waals surface area contributed by atoms with Crippen molar-refractivity contribution >= 4 is 32.8 Å². The Labute approximate surface area is 269 Å². The van der Waals surface area contributed by atoms with Crippen molar-refractivity contribution in [2.75, 3.05) is 0 Å². The van der Waals surface area contributed by atoms with E-state index in [4.69, 9.17) is 24.4 Å². The molecule has 0 atom stereocenters. The van der Waals surface area contributed by atoms with Crippen LogP contribution in [0.4, 0.5) is 0 Å². The summed E-state index contributed by atoms with van der Waals surface area (Å²) in [5.41, 5.74) is 8.29. The summed E-state index contributed by atoms with van der Waals surface area (Å²) in [5, 5.41) is 12.1. The first-order chi connectivity index (χ1) is 23.3. The van der Waals surface area contributed by atoms with Gasteiger partial charge in [-0.25, -0.2) is 15.0 Å². The Balaban J connectivity index is 1.19. The molecule has 0 saturated heterocycles. The molecule has 0 spiro atoms. The van der Waals surface area contributed by atoms with Crippen molar-refractivity contribution in [3.63, 3.8) is 0 Å². The lowest BCUT2D eigenvalue weighted by Crippen LogP contribution is -2.00. The number of fused-ring (bicyclic) bond motifs is 4. The van der Waals surface area contributed by atoms with Gasteiger partial charge in [-0.1, -0.05) is 115 Å². The standard InChI is InChI=1S/C40H24N6O/c1-3-11-25(12-4-1)38-43-39(26-13-5-2-6-14-26)45-40(44-38)29-18-9-17-28(21-29)32-24-42-46-36-35-31(19-10-20-34(35)47-37(32)36)33-22-27-15-7-8-16-30(27)23-41-33/h1-24H. The number of hydrogen-bond acceptors (Lipinski definition) is 7. The first kappa shape index (κ1) is 26.8. The molecule has 0 aliphatic carbocycles. The van der Waals surface area contributed by atoms with Crippen LogP contribution in [-0.4, -0.2) is 30.1 Å². The summed E-state index contributed by atoms with van der Waals surface area (Å²) in [6.07, 6.45) is 3.65. The fourth-order valence-corrected chi connectivity index (χ4v) is 6.03. The third kappa shape index (κ3) is 4.78. The van der Waals surface area contributed by atoms with Crippen LogP contribution in [0, 0.1) is 0 Å². The van der Waals surface area contributed by atoms with Gasteiger partial charge in [0.2, 0.25) is 0 Å². The Bertz CT molecular complexity index is 2520. The van der Waals surface area contributed by atoms with Crippen LogP contribution in [0.1, 0.15) is 0 Å². The SMILES string of the molecule is c1ccc(-c2nc(-c3ccccc3)nc(-c3cccc(-c4cnnc5c4oc4cccc(-c6cc7ccccc7cn6)c45)c3)n2)cc1. The molecule has 47 heavy (non-hydrogen) atoms. The number of rotatable bonds is 5. The maximum absolute atomic E-state index is 6.52. The van der Waals surface area contributed by atoms with Crippen molar-refractivity contribution in [3.05, 3.63) is 146 Å². The molecule has 4 aromatic heterocycles. The van der Waals surface area contributed by atoms with Crippen molar-refractivity contribution in [2.45, 2.75) is 0 Å². The summed E-state index contributed by atoms with van der Waals surface area (Å²) in [4.78, 5) is 19.5. The lowest BCUT2D eigenvalue weighted by molar-refractivity contribution is 0.668. The molecule has 0 bridgehead atoms. The van der Waals surface area contributed by atoms with Gasteiger partial charge in [-0.2, -0.15) is 5.10 Å². The first-order valence-corrected chi connectivity index (χ1v) is 15.3. The highest BCUT2D eigenvalue weighted by Gasteiger charge is 2.19. The Morgan fingerprint density at radius 2 is 1.09 bits per heavy atom. The first-order valence-electron chi connectivity index (χ1n) is 15.3. The number of nitrogens with zero attached hydrogens (tertiary/aromatic N) is 6. The normalized spacial score (nSPS) is 11.4. The summed E-state index contributed by atoms with van der Waals surface area (Å²) in [6, 6.07) is 44.4. The molecule has 0 amide bonds. The zero-order chi connectivity index (χ0) is 31.2. The largest absolute Gasteiger partial charge is 0.454 e. The fraction of sp³-hybridized carbons (Fsp3) is 0. The number of pyridine rings is 1. The number of benzene rings is 5. The van der Waals surface area contributed by atoms with E-state index in [1.807, 2.05) is 109 Å². The second-order valence-corrected chi connectivity index (χ2v) is 11.3. The van der Waals surface area contributed by atoms with Crippen molar-refractivity contribution in [1.82, 2.24) is 30.1 Å². The van der Waals surface area contributed by atoms with Crippen LogP contribution < -0.4 is 0 Å². The molecule has 0 unspecified atom stereocenters. The van der Waals surface area contributed by atoms with Gasteiger partial charge in [-0.3, -0.25) is 4.98 Å². The molecule has 7 heteroatoms. The highest BCUT2D eigenvalue weighted by Crippen LogP contribution is 2.39. The van der Waals surface area contributed by atoms with Gasteiger partial charge in [0.1, 0.15) is 11.1 Å². The lowest BCUT2D eigenvalue weighted by Gasteiger charge is -2.09. The van der Waals surface area contributed by atoms with E-state index in [0.717, 1.165) is 60.8 Å². The van der Waals surface area contributed by atoms with Gasteiger partial charge in [0.05, 0.1) is 17.3 Å². The predicted molar refractivity (Wildman–Crippen MR) is 185 cm³/mol. The average molecular weight is 605 g/mol. The maximum Gasteiger partial charge on any atom is 0.165 e. The Morgan fingerprint density at radius 1 is 0.468 bits per heavy atom. The smallest absolute Gasteiger partial charge is 0.165 e. The van der Waals surface area contributed by atoms with Crippen LogP contribution in [0.3, 0.4) is 0 Å². The van der Waals surface area contributed by atoms with E-state index in [1.165, 1.54) is 0 Å². The third-order valence-corrected chi connectivity index (χ3v) is 8.32. The van der Waals surface area contributed by atoms with E-state index in [2.05, 4.69) is 40.5 Å². The maximum atomic E-state index is 6.52. The molecule has 9 aromatic rings. The predicted octanol–water partition coefficient (Wildman–Crippen LogP) is 9.44. The lowest BCUT2D eigenvalue weighted by atomic mass is 10.0. The van der Waals surface area contributed by atoms with Crippen LogP contribution in [0.5, 0.6) is 0 Å². The second kappa shape index (κ2) is 11.1. The zero-order valence-corrected chi connectivity index (χ0v) is 24.9. The van der Waals surface area contributed by atoms with Gasteiger partial charge in [-0.05, 0) is 29.1 Å². The number of aromatic nitrogens is 6. The minimum atomic E-state index is 0.576. The van der Waals surface area contributed by atoms with Gasteiger partial charge in [0.25, 0.3) is 0 Å². The summed E-state index contributed by atoms with van der Waals surface area (Å²) < 4.78 is 6.52. The molecule has 0 aliphatic heterocycles. The second-order valence-electron chi connectivity index (χ2n) is 11.3. The Morgan fingerprint density at radius 3 is 1.83 bits per heavy atom. The summed E-state index contributed by atoms with van der Waals surface area (Å²) in [6.45, 7) is 0. The topological polar surface area (TPSA) is 90.5 Å².